The summed E-state index contributed by atoms with van der Waals surface area (Å²) in [6, 6.07) is 5.53. The van der Waals surface area contributed by atoms with Crippen molar-refractivity contribution in [3.05, 3.63) is 48.3 Å². The molecule has 0 radical (unpaired) electrons. The Bertz CT molecular complexity index is 688. The number of benzene rings is 1. The number of nitrogens with one attached hydrogen (secondary N) is 2. The third kappa shape index (κ3) is 6.04. The largest absolute Gasteiger partial charge is 0.355 e. The molecule has 0 fully saturated rings. The van der Waals surface area contributed by atoms with Crippen molar-refractivity contribution in [2.45, 2.75) is 6.42 Å². The Balaban J connectivity index is 1.59. The van der Waals surface area contributed by atoms with Crippen LogP contribution in [0.2, 0.25) is 0 Å². The van der Waals surface area contributed by atoms with Crippen molar-refractivity contribution in [2.24, 2.45) is 7.05 Å². The fourth-order valence-corrected chi connectivity index (χ4v) is 2.62. The van der Waals surface area contributed by atoms with Crippen LogP contribution < -0.4 is 10.6 Å². The van der Waals surface area contributed by atoms with E-state index in [4.69, 9.17) is 0 Å². The normalized spacial score (nSPS) is 10.4. The lowest BCUT2D eigenvalue weighted by molar-refractivity contribution is -0.118. The molecule has 8 heteroatoms. The topological polar surface area (TPSA) is 76.0 Å². The highest BCUT2D eigenvalue weighted by Gasteiger charge is 2.07. The van der Waals surface area contributed by atoms with Crippen LogP contribution in [0.3, 0.4) is 0 Å². The van der Waals surface area contributed by atoms with Gasteiger partial charge in [0.15, 0.2) is 0 Å². The predicted octanol–water partition coefficient (Wildman–Crippen LogP) is 1.59. The summed E-state index contributed by atoms with van der Waals surface area (Å²) in [5, 5.41) is 5.43. The number of imidazole rings is 1. The van der Waals surface area contributed by atoms with Crippen molar-refractivity contribution >= 4 is 29.3 Å². The molecule has 0 saturated carbocycles. The van der Waals surface area contributed by atoms with Crippen LogP contribution in [0, 0.1) is 5.82 Å². The average molecular weight is 350 g/mol. The van der Waals surface area contributed by atoms with Crippen LogP contribution in [0.15, 0.2) is 36.7 Å². The van der Waals surface area contributed by atoms with Crippen molar-refractivity contribution < 1.29 is 14.0 Å². The molecular weight excluding hydrogens is 331 g/mol. The fraction of sp³-hybridized carbons (Fsp3) is 0.312. The van der Waals surface area contributed by atoms with Crippen molar-refractivity contribution in [2.75, 3.05) is 23.4 Å². The van der Waals surface area contributed by atoms with Gasteiger partial charge in [0.2, 0.25) is 11.8 Å². The van der Waals surface area contributed by atoms with E-state index in [2.05, 4.69) is 15.6 Å². The summed E-state index contributed by atoms with van der Waals surface area (Å²) in [6.45, 7) is 0.506. The number of rotatable bonds is 8. The molecule has 2 amide bonds. The first-order valence-electron chi connectivity index (χ1n) is 7.40. The number of aryl methyl sites for hydroxylation is 1. The molecule has 2 rings (SSSR count). The highest BCUT2D eigenvalue weighted by Crippen LogP contribution is 2.09. The molecule has 0 atom stereocenters. The van der Waals surface area contributed by atoms with Gasteiger partial charge in [0.1, 0.15) is 11.6 Å². The van der Waals surface area contributed by atoms with Gasteiger partial charge < -0.3 is 15.2 Å². The van der Waals surface area contributed by atoms with Crippen LogP contribution in [0.1, 0.15) is 5.82 Å². The van der Waals surface area contributed by atoms with Crippen LogP contribution in [0.5, 0.6) is 0 Å². The minimum absolute atomic E-state index is 0.121. The molecule has 2 aromatic rings. The molecule has 1 aromatic carbocycles. The molecule has 1 aromatic heterocycles. The zero-order chi connectivity index (χ0) is 17.4. The SMILES string of the molecule is Cn1ccnc1CCNC(=O)CSCC(=O)Nc1ccc(F)cc1. The Morgan fingerprint density at radius 2 is 1.92 bits per heavy atom. The second-order valence-corrected chi connectivity index (χ2v) is 6.09. The van der Waals surface area contributed by atoms with E-state index >= 15 is 0 Å². The molecule has 128 valence electrons. The summed E-state index contributed by atoms with van der Waals surface area (Å²) in [5.41, 5.74) is 0.529. The summed E-state index contributed by atoms with van der Waals surface area (Å²) in [7, 11) is 1.90. The fourth-order valence-electron chi connectivity index (χ4n) is 1.97. The zero-order valence-corrected chi connectivity index (χ0v) is 14.1. The van der Waals surface area contributed by atoms with Gasteiger partial charge in [-0.3, -0.25) is 9.59 Å². The van der Waals surface area contributed by atoms with Gasteiger partial charge in [0.05, 0.1) is 11.5 Å². The second-order valence-electron chi connectivity index (χ2n) is 5.10. The summed E-state index contributed by atoms with van der Waals surface area (Å²) in [6.07, 6.45) is 4.23. The molecule has 24 heavy (non-hydrogen) atoms. The van der Waals surface area contributed by atoms with E-state index in [-0.39, 0.29) is 29.1 Å². The van der Waals surface area contributed by atoms with Crippen LogP contribution >= 0.6 is 11.8 Å². The van der Waals surface area contributed by atoms with Crippen LogP contribution in [0.4, 0.5) is 10.1 Å². The van der Waals surface area contributed by atoms with E-state index in [0.717, 1.165) is 5.82 Å². The number of halogens is 1. The van der Waals surface area contributed by atoms with Gasteiger partial charge >= 0.3 is 0 Å². The number of amides is 2. The molecule has 1 heterocycles. The van der Waals surface area contributed by atoms with E-state index in [1.54, 1.807) is 6.20 Å². The number of hydrogen-bond donors (Lipinski definition) is 2. The van der Waals surface area contributed by atoms with Crippen molar-refractivity contribution in [3.63, 3.8) is 0 Å². The van der Waals surface area contributed by atoms with Gasteiger partial charge in [0, 0.05) is 38.1 Å². The monoisotopic (exact) mass is 350 g/mol. The van der Waals surface area contributed by atoms with E-state index in [0.29, 0.717) is 18.7 Å². The van der Waals surface area contributed by atoms with Crippen LogP contribution in [-0.4, -0.2) is 39.4 Å². The third-order valence-corrected chi connectivity index (χ3v) is 4.12. The van der Waals surface area contributed by atoms with Crippen molar-refractivity contribution in [1.29, 1.82) is 0 Å². The van der Waals surface area contributed by atoms with Gasteiger partial charge in [-0.15, -0.1) is 11.8 Å². The highest BCUT2D eigenvalue weighted by molar-refractivity contribution is 8.00. The van der Waals surface area contributed by atoms with Gasteiger partial charge in [-0.05, 0) is 24.3 Å². The first-order chi connectivity index (χ1) is 11.5. The first kappa shape index (κ1) is 18.0. The molecule has 0 aliphatic rings. The standard InChI is InChI=1S/C16H19FN4O2S/c1-21-9-8-18-14(21)6-7-19-15(22)10-24-11-16(23)20-13-4-2-12(17)3-5-13/h2-5,8-9H,6-7,10-11H2,1H3,(H,19,22)(H,20,23). The van der Waals surface area contributed by atoms with Gasteiger partial charge in [-0.1, -0.05) is 0 Å². The number of carbonyl (C=O) groups is 2. The minimum atomic E-state index is -0.357. The summed E-state index contributed by atoms with van der Waals surface area (Å²) in [4.78, 5) is 27.6. The van der Waals surface area contributed by atoms with Gasteiger partial charge in [-0.2, -0.15) is 0 Å². The molecular formula is C16H19FN4O2S. The Morgan fingerprint density at radius 1 is 1.21 bits per heavy atom. The summed E-state index contributed by atoms with van der Waals surface area (Å²) >= 11 is 1.22. The summed E-state index contributed by atoms with van der Waals surface area (Å²) in [5.74, 6) is 0.559. The number of aromatic nitrogens is 2. The Labute approximate surface area is 143 Å². The highest BCUT2D eigenvalue weighted by atomic mass is 32.2. The van der Waals surface area contributed by atoms with Crippen molar-refractivity contribution in [3.8, 4) is 0 Å². The lowest BCUT2D eigenvalue weighted by Crippen LogP contribution is -2.28. The molecule has 2 N–H and O–H groups in total. The molecule has 0 unspecified atom stereocenters. The van der Waals surface area contributed by atoms with E-state index in [1.165, 1.54) is 36.0 Å². The third-order valence-electron chi connectivity index (χ3n) is 3.19. The molecule has 0 aliphatic carbocycles. The number of nitrogens with zero attached hydrogens (tertiary/aromatic N) is 2. The lowest BCUT2D eigenvalue weighted by Gasteiger charge is -2.06. The Hall–Kier alpha value is -2.35. The predicted molar refractivity (Wildman–Crippen MR) is 92.3 cm³/mol. The molecule has 6 nitrogen and oxygen atoms in total. The van der Waals surface area contributed by atoms with Crippen molar-refractivity contribution in [1.82, 2.24) is 14.9 Å². The van der Waals surface area contributed by atoms with Crippen LogP contribution in [-0.2, 0) is 23.1 Å². The number of carbonyl (C=O) groups excluding carboxylic acids is 2. The number of anilines is 1. The van der Waals surface area contributed by atoms with Gasteiger partial charge in [0.25, 0.3) is 0 Å². The minimum Gasteiger partial charge on any atom is -0.355 e. The second kappa shape index (κ2) is 9.07. The van der Waals surface area contributed by atoms with Crippen LogP contribution in [0.25, 0.3) is 0 Å². The maximum Gasteiger partial charge on any atom is 0.234 e. The molecule has 0 bridgehead atoms. The maximum absolute atomic E-state index is 12.8. The molecule has 0 saturated heterocycles. The zero-order valence-electron chi connectivity index (χ0n) is 13.3. The van der Waals surface area contributed by atoms with E-state index in [9.17, 15) is 14.0 Å². The molecule has 0 spiro atoms. The summed E-state index contributed by atoms with van der Waals surface area (Å²) < 4.78 is 14.7. The molecule has 0 aliphatic heterocycles. The number of hydrogen-bond acceptors (Lipinski definition) is 4. The maximum atomic E-state index is 12.8. The van der Waals surface area contributed by atoms with E-state index < -0.39 is 0 Å². The number of thioether (sulfide) groups is 1. The average Bonchev–Trinajstić information content (AvgIpc) is 2.95. The van der Waals surface area contributed by atoms with E-state index in [1.807, 2.05) is 17.8 Å². The Morgan fingerprint density at radius 3 is 2.58 bits per heavy atom. The van der Waals surface area contributed by atoms with Gasteiger partial charge in [-0.25, -0.2) is 9.37 Å². The first-order valence-corrected chi connectivity index (χ1v) is 8.56. The quantitative estimate of drug-likeness (QED) is 0.758. The Kier molecular flexibility index (Phi) is 6.80. The lowest BCUT2D eigenvalue weighted by atomic mass is 10.3. The smallest absolute Gasteiger partial charge is 0.234 e.